The average Bonchev–Trinajstić information content (AvgIpc) is 3.53. The molecule has 0 fully saturated rings. The molecule has 0 bridgehead atoms. The first-order valence-electron chi connectivity index (χ1n) is 14.7. The van der Waals surface area contributed by atoms with Gasteiger partial charge in [-0.3, -0.25) is 9.36 Å². The van der Waals surface area contributed by atoms with E-state index >= 15 is 0 Å². The maximum atomic E-state index is 14.2. The monoisotopic (exact) mass is 597 g/mol. The molecule has 7 heteroatoms. The van der Waals surface area contributed by atoms with E-state index in [4.69, 9.17) is 9.73 Å². The van der Waals surface area contributed by atoms with Gasteiger partial charge in [0.25, 0.3) is 5.56 Å². The largest absolute Gasteiger partial charge is 0.463 e. The van der Waals surface area contributed by atoms with Crippen LogP contribution in [0.4, 0.5) is 0 Å². The molecule has 1 aliphatic heterocycles. The number of para-hydroxylation sites is 1. The van der Waals surface area contributed by atoms with Crippen LogP contribution in [0.3, 0.4) is 0 Å². The van der Waals surface area contributed by atoms with Gasteiger partial charge in [-0.2, -0.15) is 0 Å². The third-order valence-corrected chi connectivity index (χ3v) is 9.17. The zero-order valence-electron chi connectivity index (χ0n) is 24.8. The Morgan fingerprint density at radius 2 is 1.70 bits per heavy atom. The molecule has 3 heterocycles. The summed E-state index contributed by atoms with van der Waals surface area (Å²) in [5.41, 5.74) is 5.97. The highest BCUT2D eigenvalue weighted by molar-refractivity contribution is 7.07. The van der Waals surface area contributed by atoms with Gasteiger partial charge in [-0.15, -0.1) is 0 Å². The molecule has 0 N–H and O–H groups in total. The molecule has 0 saturated heterocycles. The molecule has 0 spiro atoms. The molecule has 0 unspecified atom stereocenters. The van der Waals surface area contributed by atoms with E-state index in [0.29, 0.717) is 27.1 Å². The lowest BCUT2D eigenvalue weighted by Crippen LogP contribution is -2.39. The van der Waals surface area contributed by atoms with Gasteiger partial charge >= 0.3 is 5.97 Å². The molecular formula is C37H31N3O3S. The number of allylic oxidation sites excluding steroid dienone is 1. The van der Waals surface area contributed by atoms with Crippen molar-refractivity contribution in [3.05, 3.63) is 150 Å². The maximum Gasteiger partial charge on any atom is 0.338 e. The molecular weight excluding hydrogens is 566 g/mol. The average molecular weight is 598 g/mol. The molecule has 0 aliphatic carbocycles. The van der Waals surface area contributed by atoms with Crippen LogP contribution in [0.15, 0.2) is 118 Å². The fourth-order valence-corrected chi connectivity index (χ4v) is 7.09. The van der Waals surface area contributed by atoms with Gasteiger partial charge in [0, 0.05) is 29.2 Å². The number of nitrogens with zero attached hydrogens (tertiary/aromatic N) is 3. The van der Waals surface area contributed by atoms with Crippen LogP contribution in [0, 0.1) is 6.92 Å². The molecule has 0 amide bonds. The zero-order chi connectivity index (χ0) is 30.4. The SMILES string of the molecule is CCOC(=O)C1=C(C)N=c2s/c(=C/c3cn(Cc4ccc5ccccc5c4)c4ccccc34)c(=O)n2[C@@H]1c1ccc(C)cc1. The summed E-state index contributed by atoms with van der Waals surface area (Å²) in [6.45, 7) is 6.55. The Balaban J connectivity index is 1.36. The first-order chi connectivity index (χ1) is 21.4. The number of hydrogen-bond donors (Lipinski definition) is 0. The summed E-state index contributed by atoms with van der Waals surface area (Å²) in [6.07, 6.45) is 4.07. The highest BCUT2D eigenvalue weighted by Crippen LogP contribution is 2.31. The third kappa shape index (κ3) is 4.89. The van der Waals surface area contributed by atoms with Gasteiger partial charge in [0.05, 0.1) is 28.5 Å². The van der Waals surface area contributed by atoms with Crippen molar-refractivity contribution in [2.24, 2.45) is 4.99 Å². The number of thiazole rings is 1. The minimum absolute atomic E-state index is 0.181. The Morgan fingerprint density at radius 1 is 0.955 bits per heavy atom. The highest BCUT2D eigenvalue weighted by Gasteiger charge is 2.33. The van der Waals surface area contributed by atoms with Gasteiger partial charge in [0.2, 0.25) is 0 Å². The fourth-order valence-electron chi connectivity index (χ4n) is 6.05. The number of rotatable bonds is 6. The van der Waals surface area contributed by atoms with Gasteiger partial charge in [0.15, 0.2) is 4.80 Å². The normalized spacial score (nSPS) is 15.1. The van der Waals surface area contributed by atoms with Gasteiger partial charge in [0.1, 0.15) is 0 Å². The van der Waals surface area contributed by atoms with E-state index < -0.39 is 12.0 Å². The molecule has 2 aromatic heterocycles. The van der Waals surface area contributed by atoms with Crippen LogP contribution in [0.2, 0.25) is 0 Å². The van der Waals surface area contributed by atoms with E-state index in [1.165, 1.54) is 27.7 Å². The van der Waals surface area contributed by atoms with Crippen molar-refractivity contribution in [3.63, 3.8) is 0 Å². The number of fused-ring (bicyclic) bond motifs is 3. The number of hydrogen-bond acceptors (Lipinski definition) is 5. The third-order valence-electron chi connectivity index (χ3n) is 8.18. The van der Waals surface area contributed by atoms with Crippen molar-refractivity contribution in [1.82, 2.24) is 9.13 Å². The molecule has 6 aromatic rings. The van der Waals surface area contributed by atoms with E-state index in [2.05, 4.69) is 65.4 Å². The number of carbonyl (C=O) groups excluding carboxylic acids is 1. The van der Waals surface area contributed by atoms with Crippen LogP contribution < -0.4 is 14.9 Å². The number of ether oxygens (including phenoxy) is 1. The summed E-state index contributed by atoms with van der Waals surface area (Å²) in [4.78, 5) is 32.6. The standard InChI is InChI=1S/C37H31N3O3S/c1-4-43-36(42)33-24(3)38-37-40(34(33)27-16-13-23(2)14-17-27)35(41)32(44-37)20-29-22-39(31-12-8-7-11-30(29)31)21-25-15-18-26-9-5-6-10-28(26)19-25/h5-20,22,34H,4,21H2,1-3H3/b32-20+/t34-/m1/s1. The van der Waals surface area contributed by atoms with Crippen LogP contribution in [-0.2, 0) is 16.1 Å². The predicted octanol–water partition coefficient (Wildman–Crippen LogP) is 6.26. The van der Waals surface area contributed by atoms with Crippen molar-refractivity contribution in [2.45, 2.75) is 33.4 Å². The quantitative estimate of drug-likeness (QED) is 0.213. The molecule has 0 radical (unpaired) electrons. The molecule has 44 heavy (non-hydrogen) atoms. The Hall–Kier alpha value is -5.01. The highest BCUT2D eigenvalue weighted by atomic mass is 32.1. The van der Waals surface area contributed by atoms with Crippen LogP contribution in [0.5, 0.6) is 0 Å². The van der Waals surface area contributed by atoms with Crippen LogP contribution in [-0.4, -0.2) is 21.7 Å². The van der Waals surface area contributed by atoms with E-state index in [0.717, 1.165) is 27.6 Å². The Kier molecular flexibility index (Phi) is 7.10. The smallest absolute Gasteiger partial charge is 0.338 e. The maximum absolute atomic E-state index is 14.2. The zero-order valence-corrected chi connectivity index (χ0v) is 25.6. The summed E-state index contributed by atoms with van der Waals surface area (Å²) in [7, 11) is 0. The number of benzene rings is 4. The summed E-state index contributed by atoms with van der Waals surface area (Å²) >= 11 is 1.35. The lowest BCUT2D eigenvalue weighted by atomic mass is 9.95. The van der Waals surface area contributed by atoms with Crippen molar-refractivity contribution in [1.29, 1.82) is 0 Å². The first-order valence-corrected chi connectivity index (χ1v) is 15.5. The molecule has 1 aliphatic rings. The van der Waals surface area contributed by atoms with Gasteiger partial charge in [-0.25, -0.2) is 9.79 Å². The number of carbonyl (C=O) groups is 1. The van der Waals surface area contributed by atoms with Crippen LogP contribution in [0.25, 0.3) is 27.8 Å². The lowest BCUT2D eigenvalue weighted by molar-refractivity contribution is -0.139. The van der Waals surface area contributed by atoms with Crippen molar-refractivity contribution in [3.8, 4) is 0 Å². The van der Waals surface area contributed by atoms with Gasteiger partial charge < -0.3 is 9.30 Å². The molecule has 0 saturated carbocycles. The predicted molar refractivity (Wildman–Crippen MR) is 177 cm³/mol. The summed E-state index contributed by atoms with van der Waals surface area (Å²) in [5.74, 6) is -0.453. The minimum atomic E-state index is -0.623. The second-order valence-corrected chi connectivity index (χ2v) is 12.1. The van der Waals surface area contributed by atoms with E-state index in [9.17, 15) is 9.59 Å². The van der Waals surface area contributed by atoms with Crippen molar-refractivity contribution in [2.75, 3.05) is 6.61 Å². The summed E-state index contributed by atoms with van der Waals surface area (Å²) in [5, 5.41) is 3.50. The fraction of sp³-hybridized carbons (Fsp3) is 0.162. The molecule has 7 rings (SSSR count). The first kappa shape index (κ1) is 27.8. The molecule has 218 valence electrons. The molecule has 4 aromatic carbocycles. The Morgan fingerprint density at radius 3 is 2.50 bits per heavy atom. The van der Waals surface area contributed by atoms with Crippen molar-refractivity contribution < 1.29 is 9.53 Å². The summed E-state index contributed by atoms with van der Waals surface area (Å²) in [6, 6.07) is 30.5. The molecule has 1 atom stereocenters. The minimum Gasteiger partial charge on any atom is -0.463 e. The van der Waals surface area contributed by atoms with Crippen LogP contribution in [0.1, 0.15) is 42.1 Å². The second-order valence-electron chi connectivity index (χ2n) is 11.1. The topological polar surface area (TPSA) is 65.6 Å². The van der Waals surface area contributed by atoms with Crippen molar-refractivity contribution >= 4 is 45.1 Å². The summed E-state index contributed by atoms with van der Waals surface area (Å²) < 4.78 is 9.88. The molecule has 6 nitrogen and oxygen atoms in total. The lowest BCUT2D eigenvalue weighted by Gasteiger charge is -2.24. The van der Waals surface area contributed by atoms with Gasteiger partial charge in [-0.05, 0) is 60.9 Å². The number of aromatic nitrogens is 2. The number of esters is 1. The van der Waals surface area contributed by atoms with E-state index in [-0.39, 0.29) is 12.2 Å². The second kappa shape index (κ2) is 11.2. The Bertz CT molecular complexity index is 2290. The number of aryl methyl sites for hydroxylation is 1. The Labute approximate surface area is 258 Å². The van der Waals surface area contributed by atoms with Gasteiger partial charge in [-0.1, -0.05) is 95.8 Å². The van der Waals surface area contributed by atoms with Crippen LogP contribution >= 0.6 is 11.3 Å². The van der Waals surface area contributed by atoms with E-state index in [1.807, 2.05) is 56.3 Å². The van der Waals surface area contributed by atoms with E-state index in [1.54, 1.807) is 11.5 Å².